The van der Waals surface area contributed by atoms with Gasteiger partial charge >= 0.3 is 5.97 Å². The van der Waals surface area contributed by atoms with Gasteiger partial charge in [0.1, 0.15) is 6.10 Å². The zero-order valence-electron chi connectivity index (χ0n) is 13.2. The van der Waals surface area contributed by atoms with Gasteiger partial charge in [0.2, 0.25) is 0 Å². The highest BCUT2D eigenvalue weighted by atomic mass is 32.1. The van der Waals surface area contributed by atoms with E-state index in [1.807, 2.05) is 26.0 Å². The number of rotatable bonds is 9. The summed E-state index contributed by atoms with van der Waals surface area (Å²) in [6, 6.07) is 3.64. The normalized spacial score (nSPS) is 12.8. The molecule has 22 heavy (non-hydrogen) atoms. The first-order chi connectivity index (χ1) is 10.5. The number of carboxylic acids is 1. The Balaban J connectivity index is 2.66. The Bertz CT molecular complexity index is 536. The molecule has 6 heteroatoms. The molecular formula is C16H23NO4S. The second-order valence-electron chi connectivity index (χ2n) is 4.84. The standard InChI is InChI=1S/C16H23NO4S/c1-4-6-11(3)21-12(5-2)13-7-8-14(22-13)16(20)17-10-9-15(18)19/h6-8,12H,4-5,9-10H2,1-3H3,(H,17,20)(H,18,19)/b11-6+. The zero-order valence-corrected chi connectivity index (χ0v) is 14.0. The number of ether oxygens (including phenoxy) is 1. The number of hydrogen-bond donors (Lipinski definition) is 2. The summed E-state index contributed by atoms with van der Waals surface area (Å²) in [5, 5.41) is 11.2. The van der Waals surface area contributed by atoms with Crippen LogP contribution in [0, 0.1) is 0 Å². The number of carbonyl (C=O) groups is 2. The first-order valence-electron chi connectivity index (χ1n) is 7.41. The molecule has 0 aromatic carbocycles. The van der Waals surface area contributed by atoms with E-state index in [-0.39, 0.29) is 25.0 Å². The van der Waals surface area contributed by atoms with E-state index in [2.05, 4.69) is 12.2 Å². The lowest BCUT2D eigenvalue weighted by atomic mass is 10.2. The Labute approximate surface area is 135 Å². The summed E-state index contributed by atoms with van der Waals surface area (Å²) in [5.74, 6) is -0.284. The number of hydrogen-bond acceptors (Lipinski definition) is 4. The first-order valence-corrected chi connectivity index (χ1v) is 8.22. The lowest BCUT2D eigenvalue weighted by Gasteiger charge is -2.16. The number of nitrogens with one attached hydrogen (secondary N) is 1. The summed E-state index contributed by atoms with van der Waals surface area (Å²) in [4.78, 5) is 23.9. The van der Waals surface area contributed by atoms with Crippen molar-refractivity contribution < 1.29 is 19.4 Å². The molecule has 0 saturated heterocycles. The zero-order chi connectivity index (χ0) is 16.5. The molecule has 0 aliphatic heterocycles. The van der Waals surface area contributed by atoms with Crippen LogP contribution in [0.5, 0.6) is 0 Å². The molecule has 1 heterocycles. The molecule has 2 N–H and O–H groups in total. The molecule has 0 radical (unpaired) electrons. The molecule has 1 aromatic heterocycles. The summed E-state index contributed by atoms with van der Waals surface area (Å²) in [7, 11) is 0. The Morgan fingerprint density at radius 3 is 2.73 bits per heavy atom. The molecule has 0 spiro atoms. The SMILES string of the molecule is CC/C=C(\C)OC(CC)c1ccc(C(=O)NCCC(=O)O)s1. The third kappa shape index (κ3) is 5.89. The van der Waals surface area contributed by atoms with Crippen LogP contribution in [-0.4, -0.2) is 23.5 Å². The molecule has 0 fully saturated rings. The van der Waals surface area contributed by atoms with Gasteiger partial charge in [-0.15, -0.1) is 11.3 Å². The van der Waals surface area contributed by atoms with Crippen LogP contribution in [0.25, 0.3) is 0 Å². The summed E-state index contributed by atoms with van der Waals surface area (Å²) in [6.45, 7) is 6.15. The largest absolute Gasteiger partial charge is 0.490 e. The van der Waals surface area contributed by atoms with Gasteiger partial charge in [-0.3, -0.25) is 9.59 Å². The van der Waals surface area contributed by atoms with Crippen LogP contribution in [0.1, 0.15) is 60.7 Å². The van der Waals surface area contributed by atoms with E-state index in [9.17, 15) is 9.59 Å². The third-order valence-corrected chi connectivity index (χ3v) is 4.16. The molecular weight excluding hydrogens is 302 g/mol. The predicted octanol–water partition coefficient (Wildman–Crippen LogP) is 3.73. The van der Waals surface area contributed by atoms with Crippen molar-refractivity contribution in [2.24, 2.45) is 0 Å². The number of amides is 1. The van der Waals surface area contributed by atoms with E-state index in [1.54, 1.807) is 6.07 Å². The van der Waals surface area contributed by atoms with Gasteiger partial charge in [0.25, 0.3) is 5.91 Å². The summed E-state index contributed by atoms with van der Waals surface area (Å²) < 4.78 is 5.89. The van der Waals surface area contributed by atoms with Crippen molar-refractivity contribution in [3.8, 4) is 0 Å². The number of allylic oxidation sites excluding steroid dienone is 2. The van der Waals surface area contributed by atoms with E-state index in [0.717, 1.165) is 23.5 Å². The van der Waals surface area contributed by atoms with Crippen LogP contribution in [0.4, 0.5) is 0 Å². The van der Waals surface area contributed by atoms with Crippen LogP contribution < -0.4 is 5.32 Å². The monoisotopic (exact) mass is 325 g/mol. The Kier molecular flexibility index (Phi) is 7.66. The molecule has 0 aliphatic rings. The van der Waals surface area contributed by atoms with E-state index < -0.39 is 5.97 Å². The maximum atomic E-state index is 11.9. The van der Waals surface area contributed by atoms with Crippen LogP contribution in [0.3, 0.4) is 0 Å². The Morgan fingerprint density at radius 2 is 2.14 bits per heavy atom. The molecule has 5 nitrogen and oxygen atoms in total. The third-order valence-electron chi connectivity index (χ3n) is 2.98. The predicted molar refractivity (Wildman–Crippen MR) is 87.1 cm³/mol. The topological polar surface area (TPSA) is 75.6 Å². The van der Waals surface area contributed by atoms with Crippen molar-refractivity contribution in [2.45, 2.75) is 46.1 Å². The van der Waals surface area contributed by atoms with E-state index >= 15 is 0 Å². The first kappa shape index (κ1) is 18.2. The van der Waals surface area contributed by atoms with Gasteiger partial charge in [0.05, 0.1) is 17.1 Å². The summed E-state index contributed by atoms with van der Waals surface area (Å²) in [6.07, 6.45) is 3.62. The van der Waals surface area contributed by atoms with Gasteiger partial charge in [-0.25, -0.2) is 0 Å². The van der Waals surface area contributed by atoms with Gasteiger partial charge in [-0.2, -0.15) is 0 Å². The van der Waals surface area contributed by atoms with Crippen molar-refractivity contribution >= 4 is 23.2 Å². The van der Waals surface area contributed by atoms with E-state index in [1.165, 1.54) is 11.3 Å². The molecule has 1 unspecified atom stereocenters. The molecule has 0 bridgehead atoms. The molecule has 1 rings (SSSR count). The van der Waals surface area contributed by atoms with Crippen LogP contribution in [0.2, 0.25) is 0 Å². The molecule has 1 aromatic rings. The van der Waals surface area contributed by atoms with Gasteiger partial charge in [0.15, 0.2) is 0 Å². The van der Waals surface area contributed by atoms with Crippen molar-refractivity contribution in [1.29, 1.82) is 0 Å². The molecule has 1 amide bonds. The van der Waals surface area contributed by atoms with Gasteiger partial charge < -0.3 is 15.2 Å². The van der Waals surface area contributed by atoms with Crippen molar-refractivity contribution in [2.75, 3.05) is 6.54 Å². The highest BCUT2D eigenvalue weighted by Crippen LogP contribution is 2.30. The van der Waals surface area contributed by atoms with E-state index in [4.69, 9.17) is 9.84 Å². The minimum absolute atomic E-state index is 0.0617. The average Bonchev–Trinajstić information content (AvgIpc) is 2.94. The quantitative estimate of drug-likeness (QED) is 0.678. The second-order valence-corrected chi connectivity index (χ2v) is 5.95. The lowest BCUT2D eigenvalue weighted by Crippen LogP contribution is -2.25. The minimum atomic E-state index is -0.926. The van der Waals surface area contributed by atoms with Crippen LogP contribution >= 0.6 is 11.3 Å². The average molecular weight is 325 g/mol. The second kappa shape index (κ2) is 9.25. The molecule has 122 valence electrons. The lowest BCUT2D eigenvalue weighted by molar-refractivity contribution is -0.136. The summed E-state index contributed by atoms with van der Waals surface area (Å²) in [5.41, 5.74) is 0. The van der Waals surface area contributed by atoms with Crippen molar-refractivity contribution in [3.63, 3.8) is 0 Å². The van der Waals surface area contributed by atoms with E-state index in [0.29, 0.717) is 4.88 Å². The molecule has 1 atom stereocenters. The number of carboxylic acid groups (broad SMARTS) is 1. The molecule has 0 saturated carbocycles. The molecule has 0 aliphatic carbocycles. The maximum Gasteiger partial charge on any atom is 0.305 e. The summed E-state index contributed by atoms with van der Waals surface area (Å²) >= 11 is 1.38. The fourth-order valence-corrected chi connectivity index (χ4v) is 2.96. The smallest absolute Gasteiger partial charge is 0.305 e. The number of thiophene rings is 1. The fourth-order valence-electron chi connectivity index (χ4n) is 1.92. The number of aliphatic carboxylic acids is 1. The van der Waals surface area contributed by atoms with Gasteiger partial charge in [-0.05, 0) is 38.0 Å². The number of carbonyl (C=O) groups excluding carboxylic acids is 1. The maximum absolute atomic E-state index is 11.9. The Morgan fingerprint density at radius 1 is 1.41 bits per heavy atom. The fraction of sp³-hybridized carbons (Fsp3) is 0.500. The van der Waals surface area contributed by atoms with Crippen molar-refractivity contribution in [3.05, 3.63) is 33.7 Å². The van der Waals surface area contributed by atoms with Crippen molar-refractivity contribution in [1.82, 2.24) is 5.32 Å². The highest BCUT2D eigenvalue weighted by molar-refractivity contribution is 7.14. The Hall–Kier alpha value is -1.82. The van der Waals surface area contributed by atoms with Crippen LogP contribution in [0.15, 0.2) is 24.0 Å². The minimum Gasteiger partial charge on any atom is -0.490 e. The highest BCUT2D eigenvalue weighted by Gasteiger charge is 2.16. The van der Waals surface area contributed by atoms with Crippen LogP contribution in [-0.2, 0) is 9.53 Å². The van der Waals surface area contributed by atoms with Gasteiger partial charge in [-0.1, -0.05) is 13.8 Å². The van der Waals surface area contributed by atoms with Gasteiger partial charge in [0, 0.05) is 11.4 Å².